The predicted octanol–water partition coefficient (Wildman–Crippen LogP) is 3.58. The zero-order chi connectivity index (χ0) is 15.6. The summed E-state index contributed by atoms with van der Waals surface area (Å²) >= 11 is 6.09. The molecule has 0 bridgehead atoms. The molecule has 0 atom stereocenters. The first-order valence-electron chi connectivity index (χ1n) is 6.85. The molecule has 2 N–H and O–H groups in total. The van der Waals surface area contributed by atoms with Gasteiger partial charge in [-0.15, -0.1) is 0 Å². The minimum Gasteiger partial charge on any atom is -0.444 e. The summed E-state index contributed by atoms with van der Waals surface area (Å²) in [4.78, 5) is 23.6. The second-order valence-electron chi connectivity index (χ2n) is 6.07. The molecule has 6 heteroatoms. The van der Waals surface area contributed by atoms with E-state index < -0.39 is 11.7 Å². The van der Waals surface area contributed by atoms with E-state index in [1.54, 1.807) is 32.9 Å². The number of nitrogens with one attached hydrogen (secondary N) is 2. The van der Waals surface area contributed by atoms with Crippen LogP contribution < -0.4 is 10.6 Å². The third-order valence-electron chi connectivity index (χ3n) is 2.77. The van der Waals surface area contributed by atoms with Crippen LogP contribution in [0.2, 0.25) is 5.02 Å². The van der Waals surface area contributed by atoms with E-state index >= 15 is 0 Å². The van der Waals surface area contributed by atoms with Gasteiger partial charge in [-0.25, -0.2) is 4.79 Å². The van der Waals surface area contributed by atoms with E-state index in [-0.39, 0.29) is 11.9 Å². The molecule has 0 unspecified atom stereocenters. The molecular formula is C15H19ClN2O3. The molecule has 0 spiro atoms. The highest BCUT2D eigenvalue weighted by molar-refractivity contribution is 6.34. The van der Waals surface area contributed by atoms with Gasteiger partial charge in [-0.1, -0.05) is 11.6 Å². The normalized spacial score (nSPS) is 14.5. The largest absolute Gasteiger partial charge is 0.444 e. The van der Waals surface area contributed by atoms with Crippen molar-refractivity contribution >= 4 is 29.3 Å². The zero-order valence-electron chi connectivity index (χ0n) is 12.3. The minimum atomic E-state index is -0.571. The van der Waals surface area contributed by atoms with Crippen molar-refractivity contribution in [3.63, 3.8) is 0 Å². The zero-order valence-corrected chi connectivity index (χ0v) is 13.1. The molecule has 114 valence electrons. The Labute approximate surface area is 129 Å². The number of carbonyl (C=O) groups excluding carboxylic acids is 2. The number of rotatable bonds is 3. The van der Waals surface area contributed by atoms with Crippen LogP contribution in [-0.4, -0.2) is 23.6 Å². The highest BCUT2D eigenvalue weighted by Gasteiger charge is 2.24. The summed E-state index contributed by atoms with van der Waals surface area (Å²) in [5.74, 6) is -0.189. The van der Waals surface area contributed by atoms with Gasteiger partial charge < -0.3 is 10.1 Å². The molecular weight excluding hydrogens is 292 g/mol. The highest BCUT2D eigenvalue weighted by Crippen LogP contribution is 2.24. The SMILES string of the molecule is CC(C)(C)OC(=O)Nc1ccc(C(=O)NC2CC2)c(Cl)c1. The summed E-state index contributed by atoms with van der Waals surface area (Å²) in [6, 6.07) is 5.02. The first-order chi connectivity index (χ1) is 9.74. The predicted molar refractivity (Wildman–Crippen MR) is 81.8 cm³/mol. The van der Waals surface area contributed by atoms with E-state index in [0.717, 1.165) is 12.8 Å². The number of hydrogen-bond donors (Lipinski definition) is 2. The molecule has 5 nitrogen and oxygen atoms in total. The van der Waals surface area contributed by atoms with Gasteiger partial charge in [0, 0.05) is 11.7 Å². The van der Waals surface area contributed by atoms with Gasteiger partial charge in [0.15, 0.2) is 0 Å². The standard InChI is InChI=1S/C15H19ClN2O3/c1-15(2,3)21-14(20)18-10-6-7-11(12(16)8-10)13(19)17-9-4-5-9/h6-9H,4-5H2,1-3H3,(H,17,19)(H,18,20). The Morgan fingerprint density at radius 1 is 1.29 bits per heavy atom. The summed E-state index contributed by atoms with van der Waals surface area (Å²) < 4.78 is 5.15. The smallest absolute Gasteiger partial charge is 0.412 e. The lowest BCUT2D eigenvalue weighted by Crippen LogP contribution is -2.27. The lowest BCUT2D eigenvalue weighted by molar-refractivity contribution is 0.0636. The first kappa shape index (κ1) is 15.6. The van der Waals surface area contributed by atoms with Crippen LogP contribution in [0.3, 0.4) is 0 Å². The fourth-order valence-electron chi connectivity index (χ4n) is 1.69. The Balaban J connectivity index is 2.01. The van der Waals surface area contributed by atoms with Gasteiger partial charge in [-0.05, 0) is 51.8 Å². The number of amides is 2. The lowest BCUT2D eigenvalue weighted by atomic mass is 10.2. The molecule has 2 amide bonds. The second-order valence-corrected chi connectivity index (χ2v) is 6.48. The van der Waals surface area contributed by atoms with Crippen LogP contribution in [0.1, 0.15) is 44.0 Å². The van der Waals surface area contributed by atoms with E-state index in [9.17, 15) is 9.59 Å². The molecule has 0 radical (unpaired) electrons. The quantitative estimate of drug-likeness (QED) is 0.896. The van der Waals surface area contributed by atoms with E-state index in [4.69, 9.17) is 16.3 Å². The van der Waals surface area contributed by atoms with Crippen LogP contribution in [0.5, 0.6) is 0 Å². The fraction of sp³-hybridized carbons (Fsp3) is 0.467. The third-order valence-corrected chi connectivity index (χ3v) is 3.08. The van der Waals surface area contributed by atoms with Gasteiger partial charge in [0.2, 0.25) is 0 Å². The van der Waals surface area contributed by atoms with Gasteiger partial charge in [0.25, 0.3) is 5.91 Å². The van der Waals surface area contributed by atoms with Crippen molar-refractivity contribution in [2.24, 2.45) is 0 Å². The van der Waals surface area contributed by atoms with Crippen LogP contribution in [0, 0.1) is 0 Å². The number of hydrogen-bond acceptors (Lipinski definition) is 3. The van der Waals surface area contributed by atoms with Crippen molar-refractivity contribution in [1.82, 2.24) is 5.32 Å². The Bertz CT molecular complexity index is 563. The summed E-state index contributed by atoms with van der Waals surface area (Å²) in [5.41, 5.74) is 0.313. The molecule has 1 aliphatic carbocycles. The van der Waals surface area contributed by atoms with Crippen molar-refractivity contribution in [2.45, 2.75) is 45.3 Å². The Morgan fingerprint density at radius 2 is 1.95 bits per heavy atom. The monoisotopic (exact) mass is 310 g/mol. The van der Waals surface area contributed by atoms with Crippen LogP contribution in [0.25, 0.3) is 0 Å². The molecule has 1 fully saturated rings. The third kappa shape index (κ3) is 4.93. The van der Waals surface area contributed by atoms with E-state index in [1.165, 1.54) is 6.07 Å². The maximum absolute atomic E-state index is 11.9. The molecule has 21 heavy (non-hydrogen) atoms. The Hall–Kier alpha value is -1.75. The molecule has 1 aromatic carbocycles. The number of benzene rings is 1. The topological polar surface area (TPSA) is 67.4 Å². The number of halogens is 1. The number of anilines is 1. The van der Waals surface area contributed by atoms with Crippen molar-refractivity contribution in [3.8, 4) is 0 Å². The molecule has 2 rings (SSSR count). The van der Waals surface area contributed by atoms with Gasteiger partial charge >= 0.3 is 6.09 Å². The van der Waals surface area contributed by atoms with Gasteiger partial charge in [-0.2, -0.15) is 0 Å². The minimum absolute atomic E-state index is 0.189. The van der Waals surface area contributed by atoms with Gasteiger partial charge in [-0.3, -0.25) is 10.1 Å². The van der Waals surface area contributed by atoms with Crippen LogP contribution in [-0.2, 0) is 4.74 Å². The summed E-state index contributed by atoms with van der Waals surface area (Å²) in [6.45, 7) is 5.35. The van der Waals surface area contributed by atoms with Crippen molar-refractivity contribution in [1.29, 1.82) is 0 Å². The molecule has 0 heterocycles. The fourth-order valence-corrected chi connectivity index (χ4v) is 1.96. The molecule has 0 aromatic heterocycles. The van der Waals surface area contributed by atoms with Crippen LogP contribution in [0.15, 0.2) is 18.2 Å². The molecule has 1 aliphatic rings. The van der Waals surface area contributed by atoms with Gasteiger partial charge in [0.05, 0.1) is 10.6 Å². The summed E-state index contributed by atoms with van der Waals surface area (Å²) in [7, 11) is 0. The maximum atomic E-state index is 11.9. The van der Waals surface area contributed by atoms with E-state index in [1.807, 2.05) is 0 Å². The Morgan fingerprint density at radius 3 is 2.48 bits per heavy atom. The van der Waals surface area contributed by atoms with E-state index in [0.29, 0.717) is 16.3 Å². The number of carbonyl (C=O) groups is 2. The highest BCUT2D eigenvalue weighted by atomic mass is 35.5. The van der Waals surface area contributed by atoms with Crippen molar-refractivity contribution < 1.29 is 14.3 Å². The molecule has 0 aliphatic heterocycles. The lowest BCUT2D eigenvalue weighted by Gasteiger charge is -2.19. The van der Waals surface area contributed by atoms with Crippen LogP contribution >= 0.6 is 11.6 Å². The average molecular weight is 311 g/mol. The first-order valence-corrected chi connectivity index (χ1v) is 7.23. The van der Waals surface area contributed by atoms with Crippen molar-refractivity contribution in [3.05, 3.63) is 28.8 Å². The summed E-state index contributed by atoms with van der Waals surface area (Å²) in [6.07, 6.45) is 1.47. The maximum Gasteiger partial charge on any atom is 0.412 e. The average Bonchev–Trinajstić information content (AvgIpc) is 3.09. The Kier molecular flexibility index (Phi) is 4.42. The molecule has 1 aromatic rings. The van der Waals surface area contributed by atoms with Crippen molar-refractivity contribution in [2.75, 3.05) is 5.32 Å². The van der Waals surface area contributed by atoms with Crippen LogP contribution in [0.4, 0.5) is 10.5 Å². The molecule has 0 saturated heterocycles. The second kappa shape index (κ2) is 5.93. The molecule has 1 saturated carbocycles. The van der Waals surface area contributed by atoms with E-state index in [2.05, 4.69) is 10.6 Å². The van der Waals surface area contributed by atoms with Gasteiger partial charge in [0.1, 0.15) is 5.60 Å². The summed E-state index contributed by atoms with van der Waals surface area (Å²) in [5, 5.41) is 5.74. The number of ether oxygens (including phenoxy) is 1.